The van der Waals surface area contributed by atoms with Crippen LogP contribution in [-0.2, 0) is 6.54 Å². The van der Waals surface area contributed by atoms with E-state index in [1.165, 1.54) is 12.1 Å². The molecule has 0 aliphatic heterocycles. The molecular formula is C9H13ClN4O2. The summed E-state index contributed by atoms with van der Waals surface area (Å²) in [7, 11) is 0. The van der Waals surface area contributed by atoms with Crippen LogP contribution in [0.15, 0.2) is 23.2 Å². The zero-order chi connectivity index (χ0) is 11.4. The highest BCUT2D eigenvalue weighted by Gasteiger charge is 2.07. The third-order valence-corrected chi connectivity index (χ3v) is 1.98. The summed E-state index contributed by atoms with van der Waals surface area (Å²) in [5, 5.41) is 10.5. The van der Waals surface area contributed by atoms with E-state index in [1.807, 2.05) is 6.92 Å². The van der Waals surface area contributed by atoms with Gasteiger partial charge in [0.05, 0.1) is 11.5 Å². The second-order valence-corrected chi connectivity index (χ2v) is 3.11. The van der Waals surface area contributed by atoms with Crippen LogP contribution in [0.5, 0.6) is 0 Å². The lowest BCUT2D eigenvalue weighted by atomic mass is 10.1. The number of halogens is 1. The van der Waals surface area contributed by atoms with Crippen LogP contribution in [-0.4, -0.2) is 10.9 Å². The van der Waals surface area contributed by atoms with Crippen molar-refractivity contribution in [2.45, 2.75) is 13.5 Å². The number of hydrogen-bond acceptors (Lipinski definition) is 3. The molecule has 4 N–H and O–H groups in total. The van der Waals surface area contributed by atoms with Crippen LogP contribution < -0.4 is 11.5 Å². The average Bonchev–Trinajstić information content (AvgIpc) is 2.16. The van der Waals surface area contributed by atoms with Crippen LogP contribution >= 0.6 is 12.4 Å². The molecule has 0 fully saturated rings. The minimum atomic E-state index is -0.446. The number of benzene rings is 1. The number of nitrogens with zero attached hydrogens (tertiary/aromatic N) is 2. The smallest absolute Gasteiger partial charge is 0.269 e. The molecule has 0 amide bonds. The predicted molar refractivity (Wildman–Crippen MR) is 64.6 cm³/mol. The molecule has 0 aliphatic rings. The Balaban J connectivity index is 0.00000225. The summed E-state index contributed by atoms with van der Waals surface area (Å²) < 4.78 is 0. The summed E-state index contributed by atoms with van der Waals surface area (Å²) in [6.07, 6.45) is 0. The summed E-state index contributed by atoms with van der Waals surface area (Å²) >= 11 is 0. The van der Waals surface area contributed by atoms with Gasteiger partial charge in [0.2, 0.25) is 0 Å². The summed E-state index contributed by atoms with van der Waals surface area (Å²) in [6, 6.07) is 4.60. The maximum absolute atomic E-state index is 10.5. The fourth-order valence-electron chi connectivity index (χ4n) is 1.12. The number of nitro groups is 1. The molecule has 0 spiro atoms. The predicted octanol–water partition coefficient (Wildman–Crippen LogP) is 1.10. The molecule has 0 saturated heterocycles. The Morgan fingerprint density at radius 1 is 1.50 bits per heavy atom. The van der Waals surface area contributed by atoms with Crippen LogP contribution in [0.1, 0.15) is 11.1 Å². The van der Waals surface area contributed by atoms with Gasteiger partial charge in [-0.15, -0.1) is 12.4 Å². The molecule has 16 heavy (non-hydrogen) atoms. The fourth-order valence-corrected chi connectivity index (χ4v) is 1.12. The lowest BCUT2D eigenvalue weighted by Gasteiger charge is -2.02. The number of nitrogens with two attached hydrogens (primary N) is 2. The minimum Gasteiger partial charge on any atom is -0.370 e. The van der Waals surface area contributed by atoms with E-state index >= 15 is 0 Å². The van der Waals surface area contributed by atoms with Gasteiger partial charge in [-0.05, 0) is 18.1 Å². The van der Waals surface area contributed by atoms with Gasteiger partial charge in [0, 0.05) is 12.1 Å². The molecule has 1 aromatic carbocycles. The van der Waals surface area contributed by atoms with Gasteiger partial charge in [0.1, 0.15) is 0 Å². The molecule has 1 rings (SSSR count). The maximum Gasteiger partial charge on any atom is 0.269 e. The van der Waals surface area contributed by atoms with Gasteiger partial charge in [-0.2, -0.15) is 0 Å². The first-order chi connectivity index (χ1) is 7.00. The van der Waals surface area contributed by atoms with Crippen molar-refractivity contribution < 1.29 is 4.92 Å². The Kier molecular flexibility index (Phi) is 5.24. The van der Waals surface area contributed by atoms with Crippen molar-refractivity contribution in [3.05, 3.63) is 39.4 Å². The Hall–Kier alpha value is -1.82. The van der Waals surface area contributed by atoms with Gasteiger partial charge in [-0.25, -0.2) is 4.99 Å². The Labute approximate surface area is 98.9 Å². The molecule has 0 saturated carbocycles. The van der Waals surface area contributed by atoms with Crippen molar-refractivity contribution in [3.8, 4) is 0 Å². The van der Waals surface area contributed by atoms with Gasteiger partial charge in [-0.3, -0.25) is 10.1 Å². The topological polar surface area (TPSA) is 108 Å². The van der Waals surface area contributed by atoms with Crippen molar-refractivity contribution >= 4 is 24.1 Å². The van der Waals surface area contributed by atoms with E-state index in [-0.39, 0.29) is 30.6 Å². The van der Waals surface area contributed by atoms with Gasteiger partial charge in [0.15, 0.2) is 5.96 Å². The number of nitro benzene ring substituents is 1. The summed E-state index contributed by atoms with van der Waals surface area (Å²) in [6.45, 7) is 2.11. The second kappa shape index (κ2) is 5.92. The molecule has 0 bridgehead atoms. The Morgan fingerprint density at radius 3 is 2.62 bits per heavy atom. The molecule has 0 aliphatic carbocycles. The maximum atomic E-state index is 10.5. The van der Waals surface area contributed by atoms with Crippen LogP contribution in [0.25, 0.3) is 0 Å². The number of guanidine groups is 1. The minimum absolute atomic E-state index is 0. The highest BCUT2D eigenvalue weighted by atomic mass is 35.5. The number of aliphatic imine (C=N–C) groups is 1. The van der Waals surface area contributed by atoms with E-state index in [2.05, 4.69) is 4.99 Å². The van der Waals surface area contributed by atoms with E-state index in [9.17, 15) is 10.1 Å². The van der Waals surface area contributed by atoms with Crippen molar-refractivity contribution in [2.75, 3.05) is 0 Å². The second-order valence-electron chi connectivity index (χ2n) is 3.11. The first kappa shape index (κ1) is 14.2. The lowest BCUT2D eigenvalue weighted by molar-refractivity contribution is -0.384. The normalized spacial score (nSPS) is 9.06. The molecule has 88 valence electrons. The van der Waals surface area contributed by atoms with Gasteiger partial charge < -0.3 is 11.5 Å². The quantitative estimate of drug-likeness (QED) is 0.359. The highest BCUT2D eigenvalue weighted by Crippen LogP contribution is 2.17. The van der Waals surface area contributed by atoms with Crippen molar-refractivity contribution in [1.29, 1.82) is 0 Å². The standard InChI is InChI=1S/C9H12N4O2.ClH/c1-6-2-3-8(13(14)15)4-7(6)5-12-9(10)11;/h2-4H,5H2,1H3,(H4,10,11,12);1H. The van der Waals surface area contributed by atoms with E-state index in [4.69, 9.17) is 11.5 Å². The average molecular weight is 245 g/mol. The highest BCUT2D eigenvalue weighted by molar-refractivity contribution is 5.85. The molecule has 0 unspecified atom stereocenters. The van der Waals surface area contributed by atoms with Crippen LogP contribution in [0.4, 0.5) is 5.69 Å². The van der Waals surface area contributed by atoms with E-state index in [0.717, 1.165) is 11.1 Å². The van der Waals surface area contributed by atoms with Gasteiger partial charge in [0.25, 0.3) is 5.69 Å². The number of hydrogen-bond donors (Lipinski definition) is 2. The Morgan fingerprint density at radius 2 is 2.12 bits per heavy atom. The zero-order valence-corrected chi connectivity index (χ0v) is 9.53. The number of rotatable bonds is 3. The molecule has 7 heteroatoms. The SMILES string of the molecule is Cc1ccc([N+](=O)[O-])cc1CN=C(N)N.Cl. The molecule has 0 aromatic heterocycles. The van der Waals surface area contributed by atoms with Crippen LogP contribution in [0.3, 0.4) is 0 Å². The first-order valence-corrected chi connectivity index (χ1v) is 4.30. The number of non-ortho nitro benzene ring substituents is 1. The van der Waals surface area contributed by atoms with Crippen LogP contribution in [0.2, 0.25) is 0 Å². The molecule has 0 radical (unpaired) electrons. The summed E-state index contributed by atoms with van der Waals surface area (Å²) in [4.78, 5) is 13.9. The number of aryl methyl sites for hydroxylation is 1. The Bertz CT molecular complexity index is 416. The van der Waals surface area contributed by atoms with E-state index in [1.54, 1.807) is 6.07 Å². The summed E-state index contributed by atoms with van der Waals surface area (Å²) in [5.74, 6) is -0.0269. The fraction of sp³-hybridized carbons (Fsp3) is 0.222. The van der Waals surface area contributed by atoms with Crippen molar-refractivity contribution in [1.82, 2.24) is 0 Å². The molecule has 1 aromatic rings. The molecule has 6 nitrogen and oxygen atoms in total. The van der Waals surface area contributed by atoms with Crippen LogP contribution in [0, 0.1) is 17.0 Å². The van der Waals surface area contributed by atoms with Crippen molar-refractivity contribution in [2.24, 2.45) is 16.5 Å². The third kappa shape index (κ3) is 3.74. The molecule has 0 atom stereocenters. The zero-order valence-electron chi connectivity index (χ0n) is 8.71. The van der Waals surface area contributed by atoms with Crippen molar-refractivity contribution in [3.63, 3.8) is 0 Å². The monoisotopic (exact) mass is 244 g/mol. The van der Waals surface area contributed by atoms with E-state index < -0.39 is 4.92 Å². The molecular weight excluding hydrogens is 232 g/mol. The summed E-state index contributed by atoms with van der Waals surface area (Å²) in [5.41, 5.74) is 12.1. The first-order valence-electron chi connectivity index (χ1n) is 4.30. The van der Waals surface area contributed by atoms with E-state index in [0.29, 0.717) is 0 Å². The van der Waals surface area contributed by atoms with Gasteiger partial charge >= 0.3 is 0 Å². The third-order valence-electron chi connectivity index (χ3n) is 1.98. The largest absolute Gasteiger partial charge is 0.370 e. The van der Waals surface area contributed by atoms with Gasteiger partial charge in [-0.1, -0.05) is 6.07 Å². The lowest BCUT2D eigenvalue weighted by Crippen LogP contribution is -2.22. The molecule has 0 heterocycles.